The monoisotopic (exact) mass is 457 g/mol. The number of esters is 1. The van der Waals surface area contributed by atoms with E-state index >= 15 is 0 Å². The Bertz CT molecular complexity index is 1150. The van der Waals surface area contributed by atoms with E-state index in [9.17, 15) is 18.4 Å². The summed E-state index contributed by atoms with van der Waals surface area (Å²) in [5.41, 5.74) is 2.38. The first kappa shape index (κ1) is 22.2. The summed E-state index contributed by atoms with van der Waals surface area (Å²) in [6, 6.07) is 10.4. The predicted molar refractivity (Wildman–Crippen MR) is 117 cm³/mol. The summed E-state index contributed by atoms with van der Waals surface area (Å²) >= 11 is 5.99. The number of allylic oxidation sites excluding steroid dienone is 3. The van der Waals surface area contributed by atoms with Gasteiger partial charge in [-0.3, -0.25) is 4.79 Å². The highest BCUT2D eigenvalue weighted by Gasteiger charge is 2.42. The van der Waals surface area contributed by atoms with Gasteiger partial charge in [-0.15, -0.1) is 0 Å². The summed E-state index contributed by atoms with van der Waals surface area (Å²) in [5.74, 6) is -3.36. The molecule has 0 unspecified atom stereocenters. The molecule has 4 nitrogen and oxygen atoms in total. The summed E-state index contributed by atoms with van der Waals surface area (Å²) in [6.07, 6.45) is 0.675. The molecule has 1 aliphatic carbocycles. The molecule has 2 aliphatic rings. The molecule has 7 heteroatoms. The van der Waals surface area contributed by atoms with Crippen LogP contribution in [0.1, 0.15) is 49.7 Å². The third-order valence-corrected chi connectivity index (χ3v) is 6.19. The highest BCUT2D eigenvalue weighted by atomic mass is 35.5. The number of hydrogen-bond acceptors (Lipinski definition) is 4. The molecule has 2 aromatic carbocycles. The summed E-state index contributed by atoms with van der Waals surface area (Å²) in [4.78, 5) is 26.2. The minimum absolute atomic E-state index is 0.0558. The smallest absolute Gasteiger partial charge is 0.336 e. The maximum absolute atomic E-state index is 14.9. The van der Waals surface area contributed by atoms with Gasteiger partial charge >= 0.3 is 5.97 Å². The van der Waals surface area contributed by atoms with Crippen molar-refractivity contribution in [2.24, 2.45) is 0 Å². The average molecular weight is 458 g/mol. The van der Waals surface area contributed by atoms with Gasteiger partial charge in [-0.05, 0) is 62.1 Å². The van der Waals surface area contributed by atoms with Crippen LogP contribution in [0, 0.1) is 11.6 Å². The third kappa shape index (κ3) is 4.07. The number of dihydropyridines is 1. The van der Waals surface area contributed by atoms with Crippen molar-refractivity contribution < 1.29 is 23.1 Å². The lowest BCUT2D eigenvalue weighted by atomic mass is 9.71. The standard InChI is InChI=1S/C25H22ClF2NO3/c1-3-32-25(31)22-13(2)29-20-10-15(14-4-6-16(26)7-5-14)11-21(30)24(20)23(22)18-12-17(27)8-9-19(18)28/h4-9,12,15,23,29H,3,10-11H2,1-2H3/t15-,23+/m0/s1. The van der Waals surface area contributed by atoms with Crippen LogP contribution >= 0.6 is 11.6 Å². The zero-order valence-corrected chi connectivity index (χ0v) is 18.4. The summed E-state index contributed by atoms with van der Waals surface area (Å²) in [6.45, 7) is 3.46. The number of nitrogens with one attached hydrogen (secondary N) is 1. The molecule has 32 heavy (non-hydrogen) atoms. The first-order chi connectivity index (χ1) is 15.3. The Morgan fingerprint density at radius 2 is 1.88 bits per heavy atom. The van der Waals surface area contributed by atoms with E-state index < -0.39 is 23.5 Å². The van der Waals surface area contributed by atoms with Crippen molar-refractivity contribution in [3.63, 3.8) is 0 Å². The molecule has 166 valence electrons. The van der Waals surface area contributed by atoms with Crippen LogP contribution in [-0.2, 0) is 14.3 Å². The number of ketones is 1. The lowest BCUT2D eigenvalue weighted by molar-refractivity contribution is -0.138. The highest BCUT2D eigenvalue weighted by molar-refractivity contribution is 6.30. The molecular formula is C25H22ClF2NO3. The number of ether oxygens (including phenoxy) is 1. The Morgan fingerprint density at radius 3 is 2.56 bits per heavy atom. The van der Waals surface area contributed by atoms with Crippen LogP contribution in [0.25, 0.3) is 0 Å². The number of halogens is 3. The van der Waals surface area contributed by atoms with Crippen LogP contribution in [0.15, 0.2) is 65.0 Å². The zero-order chi connectivity index (χ0) is 23.0. The number of hydrogen-bond donors (Lipinski definition) is 1. The van der Waals surface area contributed by atoms with E-state index in [-0.39, 0.29) is 41.4 Å². The Balaban J connectivity index is 1.83. The number of rotatable bonds is 4. The molecule has 0 spiro atoms. The van der Waals surface area contributed by atoms with Gasteiger partial charge in [-0.2, -0.15) is 0 Å². The first-order valence-corrected chi connectivity index (χ1v) is 10.8. The molecule has 0 amide bonds. The lowest BCUT2D eigenvalue weighted by Crippen LogP contribution is -2.36. The maximum atomic E-state index is 14.9. The van der Waals surface area contributed by atoms with Crippen molar-refractivity contribution in [1.82, 2.24) is 5.32 Å². The highest BCUT2D eigenvalue weighted by Crippen LogP contribution is 2.46. The summed E-state index contributed by atoms with van der Waals surface area (Å²) in [5, 5.41) is 3.78. The molecule has 0 aromatic heterocycles. The second-order valence-electron chi connectivity index (χ2n) is 7.96. The van der Waals surface area contributed by atoms with Crippen molar-refractivity contribution in [2.75, 3.05) is 6.61 Å². The quantitative estimate of drug-likeness (QED) is 0.612. The molecular weight excluding hydrogens is 436 g/mol. The second-order valence-corrected chi connectivity index (χ2v) is 8.39. The van der Waals surface area contributed by atoms with Crippen molar-refractivity contribution in [3.05, 3.63) is 92.8 Å². The fourth-order valence-electron chi connectivity index (χ4n) is 4.54. The molecule has 0 bridgehead atoms. The molecule has 1 heterocycles. The first-order valence-electron chi connectivity index (χ1n) is 10.4. The van der Waals surface area contributed by atoms with Crippen LogP contribution in [0.5, 0.6) is 0 Å². The van der Waals surface area contributed by atoms with Gasteiger partial charge in [0.1, 0.15) is 11.6 Å². The molecule has 4 rings (SSSR count). The number of Topliss-reactive ketones (excluding diaryl/α,β-unsaturated/α-hetero) is 1. The van der Waals surface area contributed by atoms with E-state index in [4.69, 9.17) is 16.3 Å². The van der Waals surface area contributed by atoms with E-state index in [0.717, 1.165) is 23.8 Å². The topological polar surface area (TPSA) is 55.4 Å². The van der Waals surface area contributed by atoms with E-state index in [2.05, 4.69) is 5.32 Å². The number of benzene rings is 2. The van der Waals surface area contributed by atoms with Crippen LogP contribution in [0.2, 0.25) is 5.02 Å². The molecule has 2 aromatic rings. The van der Waals surface area contributed by atoms with E-state index in [1.807, 2.05) is 12.1 Å². The number of carbonyl (C=O) groups is 2. The molecule has 0 saturated carbocycles. The van der Waals surface area contributed by atoms with Crippen LogP contribution in [0.4, 0.5) is 8.78 Å². The van der Waals surface area contributed by atoms with Gasteiger partial charge in [0.05, 0.1) is 18.1 Å². The van der Waals surface area contributed by atoms with Crippen molar-refractivity contribution in [1.29, 1.82) is 0 Å². The predicted octanol–water partition coefficient (Wildman–Crippen LogP) is 5.54. The third-order valence-electron chi connectivity index (χ3n) is 5.93. The molecule has 2 atom stereocenters. The van der Waals surface area contributed by atoms with Crippen molar-refractivity contribution in [3.8, 4) is 0 Å². The van der Waals surface area contributed by atoms with Crippen molar-refractivity contribution >= 4 is 23.4 Å². The molecule has 0 radical (unpaired) electrons. The summed E-state index contributed by atoms with van der Waals surface area (Å²) < 4.78 is 34.1. The van der Waals surface area contributed by atoms with Crippen LogP contribution in [-0.4, -0.2) is 18.4 Å². The Labute approximate surface area is 189 Å². The van der Waals surface area contributed by atoms with Gasteiger partial charge in [-0.25, -0.2) is 13.6 Å². The van der Waals surface area contributed by atoms with Gasteiger partial charge in [0.15, 0.2) is 5.78 Å². The van der Waals surface area contributed by atoms with Gasteiger partial charge in [0, 0.05) is 34.0 Å². The van der Waals surface area contributed by atoms with Gasteiger partial charge in [-0.1, -0.05) is 23.7 Å². The van der Waals surface area contributed by atoms with Gasteiger partial charge < -0.3 is 10.1 Å². The lowest BCUT2D eigenvalue weighted by Gasteiger charge is -2.36. The van der Waals surface area contributed by atoms with Gasteiger partial charge in [0.25, 0.3) is 0 Å². The Kier molecular flexibility index (Phi) is 6.15. The summed E-state index contributed by atoms with van der Waals surface area (Å²) in [7, 11) is 0. The molecule has 0 fully saturated rings. The average Bonchev–Trinajstić information content (AvgIpc) is 2.75. The minimum Gasteiger partial charge on any atom is -0.463 e. The van der Waals surface area contributed by atoms with Crippen LogP contribution < -0.4 is 5.32 Å². The maximum Gasteiger partial charge on any atom is 0.336 e. The molecule has 1 aliphatic heterocycles. The van der Waals surface area contributed by atoms with Gasteiger partial charge in [0.2, 0.25) is 0 Å². The fraction of sp³-hybridized carbons (Fsp3) is 0.280. The minimum atomic E-state index is -1.04. The molecule has 1 N–H and O–H groups in total. The SMILES string of the molecule is CCOC(=O)C1=C(C)NC2=C(C(=O)C[C@@H](c3ccc(Cl)cc3)C2)[C@@H]1c1cc(F)ccc1F. The fourth-order valence-corrected chi connectivity index (χ4v) is 4.66. The van der Waals surface area contributed by atoms with E-state index in [1.54, 1.807) is 26.0 Å². The largest absolute Gasteiger partial charge is 0.463 e. The molecule has 0 saturated heterocycles. The number of carbonyl (C=O) groups excluding carboxylic acids is 2. The van der Waals surface area contributed by atoms with E-state index in [0.29, 0.717) is 22.8 Å². The normalized spacial score (nSPS) is 20.7. The van der Waals surface area contributed by atoms with Crippen LogP contribution in [0.3, 0.4) is 0 Å². The second kappa shape index (κ2) is 8.87. The van der Waals surface area contributed by atoms with Crippen molar-refractivity contribution in [2.45, 2.75) is 38.5 Å². The Morgan fingerprint density at radius 1 is 1.16 bits per heavy atom. The van der Waals surface area contributed by atoms with E-state index in [1.165, 1.54) is 0 Å². The Hall–Kier alpha value is -2.99. The zero-order valence-electron chi connectivity index (χ0n) is 17.7.